The normalized spacial score (nSPS) is 26.0. The van der Waals surface area contributed by atoms with E-state index in [0.29, 0.717) is 5.56 Å². The lowest BCUT2D eigenvalue weighted by Gasteiger charge is -2.51. The van der Waals surface area contributed by atoms with Gasteiger partial charge in [0, 0.05) is 11.8 Å². The van der Waals surface area contributed by atoms with Crippen molar-refractivity contribution in [3.05, 3.63) is 58.6 Å². The van der Waals surface area contributed by atoms with Crippen LogP contribution in [-0.2, 0) is 17.7 Å². The van der Waals surface area contributed by atoms with Crippen LogP contribution in [0.25, 0.3) is 0 Å². The summed E-state index contributed by atoms with van der Waals surface area (Å²) >= 11 is 0. The molecular weight excluding hydrogens is 635 g/mol. The molecule has 1 aromatic carbocycles. The quantitative estimate of drug-likeness (QED) is 0.271. The molecule has 4 atom stereocenters. The van der Waals surface area contributed by atoms with E-state index in [1.807, 2.05) is 6.07 Å². The van der Waals surface area contributed by atoms with Gasteiger partial charge in [-0.2, -0.15) is 4.98 Å². The predicted molar refractivity (Wildman–Crippen MR) is 187 cm³/mol. The van der Waals surface area contributed by atoms with Gasteiger partial charge in [-0.25, -0.2) is 4.79 Å². The van der Waals surface area contributed by atoms with Gasteiger partial charge in [-0.05, 0) is 40.4 Å². The maximum absolute atomic E-state index is 13.6. The maximum Gasteiger partial charge on any atom is 0.351 e. The fraction of sp³-hybridized carbons (Fsp3) is 0.606. The highest BCUT2D eigenvalue weighted by Gasteiger charge is 2.65. The van der Waals surface area contributed by atoms with Crippen molar-refractivity contribution in [2.45, 2.75) is 121 Å². The summed E-state index contributed by atoms with van der Waals surface area (Å²) < 4.78 is 29.2. The summed E-state index contributed by atoms with van der Waals surface area (Å²) in [5.41, 5.74) is 1.42. The number of nitrogens with one attached hydrogen (secondary N) is 1. The number of fused-ring (bicyclic) bond motifs is 1. The highest BCUT2D eigenvalue weighted by molar-refractivity contribution is 6.84. The Hall–Kier alpha value is -2.42. The largest absolute Gasteiger partial charge is 0.414 e. The monoisotopic (exact) mass is 685 g/mol. The van der Waals surface area contributed by atoms with Crippen LogP contribution >= 0.6 is 0 Å². The number of aliphatic hydroxyl groups is 1. The second kappa shape index (κ2) is 13.6. The molecular formula is C33H51N3O7Si3. The van der Waals surface area contributed by atoms with Gasteiger partial charge in [0.05, 0.1) is 6.61 Å². The van der Waals surface area contributed by atoms with Crippen molar-refractivity contribution in [2.24, 2.45) is 0 Å². The highest BCUT2D eigenvalue weighted by Crippen LogP contribution is 2.50. The van der Waals surface area contributed by atoms with Crippen LogP contribution in [0.4, 0.5) is 5.82 Å². The molecule has 2 fully saturated rings. The van der Waals surface area contributed by atoms with Gasteiger partial charge in [-0.1, -0.05) is 99.2 Å². The topological polar surface area (TPSA) is 121 Å². The first-order chi connectivity index (χ1) is 21.4. The molecule has 0 unspecified atom stereocenters. The van der Waals surface area contributed by atoms with Crippen LogP contribution in [0.2, 0.25) is 41.8 Å². The third-order valence-corrected chi connectivity index (χ3v) is 19.9. The molecule has 0 saturated carbocycles. The molecule has 0 bridgehead atoms. The van der Waals surface area contributed by atoms with Crippen molar-refractivity contribution >= 4 is 36.9 Å². The zero-order valence-electron chi connectivity index (χ0n) is 29.1. The number of ether oxygens (including phenoxy) is 1. The lowest BCUT2D eigenvalue weighted by Crippen LogP contribution is -2.67. The second-order valence-corrected chi connectivity index (χ2v) is 28.3. The molecule has 3 heterocycles. The van der Waals surface area contributed by atoms with Gasteiger partial charge < -0.3 is 28.1 Å². The fourth-order valence-corrected chi connectivity index (χ4v) is 18.1. The molecule has 0 spiro atoms. The van der Waals surface area contributed by atoms with Crippen molar-refractivity contribution in [2.75, 3.05) is 11.9 Å². The van der Waals surface area contributed by atoms with E-state index in [1.165, 1.54) is 16.8 Å². The van der Waals surface area contributed by atoms with E-state index in [1.54, 1.807) is 24.3 Å². The van der Waals surface area contributed by atoms with Crippen molar-refractivity contribution in [1.29, 1.82) is 0 Å². The summed E-state index contributed by atoms with van der Waals surface area (Å²) in [6.45, 7) is 23.4. The van der Waals surface area contributed by atoms with E-state index in [4.69, 9.17) is 17.7 Å². The molecule has 4 rings (SSSR count). The maximum atomic E-state index is 13.6. The van der Waals surface area contributed by atoms with E-state index < -0.39 is 60.8 Å². The molecule has 0 aliphatic carbocycles. The summed E-state index contributed by atoms with van der Waals surface area (Å²) in [6, 6.07) is 10.2. The van der Waals surface area contributed by atoms with Crippen molar-refractivity contribution < 1.29 is 27.6 Å². The van der Waals surface area contributed by atoms with Gasteiger partial charge in [0.15, 0.2) is 11.8 Å². The molecule has 13 heteroatoms. The zero-order valence-corrected chi connectivity index (χ0v) is 32.1. The Morgan fingerprint density at radius 1 is 1.00 bits per heavy atom. The SMILES string of the molecule is CC(C)[Si]1(C(C)C)OC[C@H]2O[C@@H](n3ccc(NC(=O)c4ccccc4)nc3=O)[C@@](O)(C#C[Si](C)(C)C)[C@@H]2O[Si](C(C)C)(C(C)C)O1. The van der Waals surface area contributed by atoms with Gasteiger partial charge in [0.1, 0.15) is 26.1 Å². The van der Waals surface area contributed by atoms with Gasteiger partial charge >= 0.3 is 22.8 Å². The average Bonchev–Trinajstić information content (AvgIpc) is 3.22. The lowest BCUT2D eigenvalue weighted by atomic mass is 9.95. The number of hydrogen-bond donors (Lipinski definition) is 2. The molecule has 0 radical (unpaired) electrons. The Morgan fingerprint density at radius 2 is 1.59 bits per heavy atom. The van der Waals surface area contributed by atoms with Crippen molar-refractivity contribution in [3.63, 3.8) is 0 Å². The van der Waals surface area contributed by atoms with Gasteiger partial charge in [-0.3, -0.25) is 9.36 Å². The lowest BCUT2D eigenvalue weighted by molar-refractivity contribution is -0.0749. The molecule has 2 aromatic rings. The van der Waals surface area contributed by atoms with Crippen LogP contribution in [0.1, 0.15) is 72.0 Å². The first-order valence-electron chi connectivity index (χ1n) is 16.3. The third kappa shape index (κ3) is 7.05. The van der Waals surface area contributed by atoms with Crippen molar-refractivity contribution in [1.82, 2.24) is 9.55 Å². The average molecular weight is 686 g/mol. The Morgan fingerprint density at radius 3 is 2.11 bits per heavy atom. The number of carbonyl (C=O) groups excluding carboxylic acids is 1. The minimum absolute atomic E-state index is 0.0179. The number of anilines is 1. The summed E-state index contributed by atoms with van der Waals surface area (Å²) in [7, 11) is -8.03. The summed E-state index contributed by atoms with van der Waals surface area (Å²) in [5, 5.41) is 15.4. The Labute approximate surface area is 276 Å². The molecule has 1 amide bonds. The highest BCUT2D eigenvalue weighted by atomic mass is 28.5. The molecule has 1 aromatic heterocycles. The van der Waals surface area contributed by atoms with E-state index in [-0.39, 0.29) is 34.6 Å². The molecule has 2 aliphatic rings. The Kier molecular flexibility index (Phi) is 10.8. The molecule has 252 valence electrons. The number of aromatic nitrogens is 2. The first-order valence-corrected chi connectivity index (χ1v) is 23.7. The number of nitrogens with zero attached hydrogens (tertiary/aromatic N) is 2. The number of amides is 1. The van der Waals surface area contributed by atoms with Crippen LogP contribution < -0.4 is 11.0 Å². The fourth-order valence-electron chi connectivity index (χ4n) is 6.32. The van der Waals surface area contributed by atoms with Crippen LogP contribution in [0.3, 0.4) is 0 Å². The summed E-state index contributed by atoms with van der Waals surface area (Å²) in [5.74, 6) is 2.84. The minimum Gasteiger partial charge on any atom is -0.414 e. The first kappa shape index (κ1) is 36.4. The molecule has 10 nitrogen and oxygen atoms in total. The number of benzene rings is 1. The van der Waals surface area contributed by atoms with Gasteiger partial charge in [0.25, 0.3) is 5.91 Å². The number of rotatable bonds is 7. The molecule has 46 heavy (non-hydrogen) atoms. The van der Waals surface area contributed by atoms with E-state index >= 15 is 0 Å². The second-order valence-electron chi connectivity index (χ2n) is 14.7. The summed E-state index contributed by atoms with van der Waals surface area (Å²) in [6.07, 6.45) is -1.46. The summed E-state index contributed by atoms with van der Waals surface area (Å²) in [4.78, 5) is 30.4. The molecule has 2 aliphatic heterocycles. The Balaban J connectivity index is 1.83. The molecule has 2 saturated heterocycles. The standard InChI is InChI=1S/C33H51N3O7Si3/c1-22(2)45(23(3)4)40-21-27-29(42-46(43-45,24(5)6)25(7)8)33(39,18-20-44(9,10)11)31(41-27)36-19-17-28(35-32(36)38)34-30(37)26-15-13-12-14-16-26/h12-17,19,22-25,27,29,31,39H,21H2,1-11H3,(H,34,35,37,38)/t27-,29-,31-,33-/m1/s1. The smallest absolute Gasteiger partial charge is 0.351 e. The van der Waals surface area contributed by atoms with Gasteiger partial charge in [0.2, 0.25) is 0 Å². The van der Waals surface area contributed by atoms with E-state index in [2.05, 4.69) is 96.8 Å². The number of carbonyl (C=O) groups is 1. The van der Waals surface area contributed by atoms with Crippen LogP contribution in [-0.4, -0.2) is 70.2 Å². The molecule has 2 N–H and O–H groups in total. The van der Waals surface area contributed by atoms with Crippen LogP contribution in [0, 0.1) is 11.5 Å². The number of hydrogen-bond acceptors (Lipinski definition) is 8. The van der Waals surface area contributed by atoms with Gasteiger partial charge in [-0.15, -0.1) is 5.54 Å². The Bertz CT molecular complexity index is 1500. The predicted octanol–water partition coefficient (Wildman–Crippen LogP) is 5.96. The van der Waals surface area contributed by atoms with Crippen LogP contribution in [0.5, 0.6) is 0 Å². The van der Waals surface area contributed by atoms with E-state index in [0.717, 1.165) is 0 Å². The third-order valence-electron chi connectivity index (χ3n) is 8.77. The zero-order chi connectivity index (χ0) is 34.2. The van der Waals surface area contributed by atoms with Crippen molar-refractivity contribution in [3.8, 4) is 11.5 Å². The van der Waals surface area contributed by atoms with E-state index in [9.17, 15) is 14.7 Å². The van der Waals surface area contributed by atoms with Crippen LogP contribution in [0.15, 0.2) is 47.4 Å². The minimum atomic E-state index is -3.14.